The molecule has 3 aromatic rings. The fourth-order valence-corrected chi connectivity index (χ4v) is 6.81. The number of nitrogen functional groups attached to an aromatic ring is 1. The summed E-state index contributed by atoms with van der Waals surface area (Å²) in [4.78, 5) is 56.9. The molecule has 0 unspecified atom stereocenters. The number of nitrogens with two attached hydrogens (primary N) is 1. The Hall–Kier alpha value is -3.89. The second kappa shape index (κ2) is 11.5. The zero-order chi connectivity index (χ0) is 27.5. The lowest BCUT2D eigenvalue weighted by Crippen LogP contribution is -2.71. The Kier molecular flexibility index (Phi) is 7.85. The van der Waals surface area contributed by atoms with Gasteiger partial charge in [0, 0.05) is 33.9 Å². The number of carbonyl (C=O) groups excluding carboxylic acids is 2. The monoisotopic (exact) mass is 587 g/mol. The van der Waals surface area contributed by atoms with Crippen molar-refractivity contribution in [2.24, 2.45) is 12.2 Å². The van der Waals surface area contributed by atoms with Gasteiger partial charge in [0.05, 0.1) is 18.2 Å². The molecule has 39 heavy (non-hydrogen) atoms. The summed E-state index contributed by atoms with van der Waals surface area (Å²) in [6.45, 7) is 0.0278. The van der Waals surface area contributed by atoms with E-state index in [1.165, 1.54) is 34.8 Å². The molecule has 0 radical (unpaired) electrons. The first kappa shape index (κ1) is 26.7. The quantitative estimate of drug-likeness (QED) is 0.0868. The third-order valence-electron chi connectivity index (χ3n) is 5.81. The maximum absolute atomic E-state index is 13.2. The van der Waals surface area contributed by atoms with Gasteiger partial charge >= 0.3 is 5.97 Å². The third kappa shape index (κ3) is 5.76. The van der Waals surface area contributed by atoms with Crippen molar-refractivity contribution in [3.8, 4) is 0 Å². The fourth-order valence-electron chi connectivity index (χ4n) is 3.89. The van der Waals surface area contributed by atoms with Gasteiger partial charge in [-0.15, -0.1) is 34.9 Å². The Labute approximate surface area is 234 Å². The number of hydrogen-bond acceptors (Lipinski definition) is 11. The molecule has 0 aromatic carbocycles. The van der Waals surface area contributed by atoms with Crippen molar-refractivity contribution in [3.05, 3.63) is 65.1 Å². The second-order valence-corrected chi connectivity index (χ2v) is 11.5. The number of rotatable bonds is 10. The van der Waals surface area contributed by atoms with E-state index in [0.717, 1.165) is 16.2 Å². The van der Waals surface area contributed by atoms with Crippen molar-refractivity contribution in [1.29, 1.82) is 0 Å². The minimum absolute atomic E-state index is 0.0278. The summed E-state index contributed by atoms with van der Waals surface area (Å²) < 4.78 is 1.91. The molecule has 5 N–H and O–H groups in total. The first-order valence-electron chi connectivity index (χ1n) is 11.5. The first-order chi connectivity index (χ1) is 18.8. The Morgan fingerprint density at radius 1 is 1.41 bits per heavy atom. The lowest BCUT2D eigenvalue weighted by Gasteiger charge is -2.49. The van der Waals surface area contributed by atoms with Crippen LogP contribution in [-0.4, -0.2) is 71.4 Å². The highest BCUT2D eigenvalue weighted by atomic mass is 32.2. The minimum Gasteiger partial charge on any atom is -0.477 e. The molecule has 5 heterocycles. The van der Waals surface area contributed by atoms with Crippen LogP contribution in [0.1, 0.15) is 11.4 Å². The standard InChI is InChI=1S/C23H22N8O5S3/c1-30-4-2-14(3-5-30)37-8-12-9-38-21-17(20(33)31(21)18(12)22(34)35)28-19(32)16(15-10-39-23(24)27-15)29-36-7-13-6-25-11-26-13/h2-6,10-11,17,21H,7-9H2,1H3,(H4-,24,25,26,27,28,32,34,35)/p+1/t17-,21-/m1/s1. The van der Waals surface area contributed by atoms with Crippen LogP contribution in [0.25, 0.3) is 0 Å². The Bertz CT molecular complexity index is 1450. The topological polar surface area (TPSA) is 180 Å². The molecule has 202 valence electrons. The van der Waals surface area contributed by atoms with E-state index < -0.39 is 29.2 Å². The van der Waals surface area contributed by atoms with Crippen molar-refractivity contribution in [2.45, 2.75) is 22.9 Å². The number of nitrogens with one attached hydrogen (secondary N) is 2. The molecule has 1 saturated heterocycles. The molecule has 0 bridgehead atoms. The van der Waals surface area contributed by atoms with Gasteiger partial charge < -0.3 is 26.0 Å². The molecule has 5 rings (SSSR count). The molecular weight excluding hydrogens is 565 g/mol. The number of anilines is 1. The van der Waals surface area contributed by atoms with Crippen LogP contribution in [0.2, 0.25) is 0 Å². The molecular formula is C23H23N8O5S3+. The first-order valence-corrected chi connectivity index (χ1v) is 14.4. The number of nitrogens with zero attached hydrogens (tertiary/aromatic N) is 5. The maximum atomic E-state index is 13.2. The molecule has 3 aromatic heterocycles. The molecule has 0 saturated carbocycles. The SMILES string of the molecule is C[n+]1ccc(SCC2=C(C(=O)O)N3C(=O)[C@@H](NC(=O)C(=NOCc4cnc[nH]4)c4csc(N)n4)[C@H]3SC2)cc1. The summed E-state index contributed by atoms with van der Waals surface area (Å²) in [5.74, 6) is -1.55. The number of pyridine rings is 1. The van der Waals surface area contributed by atoms with Gasteiger partial charge in [-0.05, 0) is 5.57 Å². The van der Waals surface area contributed by atoms with Gasteiger partial charge in [0.15, 0.2) is 29.8 Å². The highest BCUT2D eigenvalue weighted by molar-refractivity contribution is 8.01. The van der Waals surface area contributed by atoms with E-state index in [1.807, 2.05) is 36.1 Å². The smallest absolute Gasteiger partial charge is 0.352 e. The number of carboxylic acid groups (broad SMARTS) is 1. The number of imidazole rings is 1. The number of β-lactam (4-membered cyclic amide) rings is 1. The minimum atomic E-state index is -1.18. The maximum Gasteiger partial charge on any atom is 0.352 e. The van der Waals surface area contributed by atoms with E-state index >= 15 is 0 Å². The van der Waals surface area contributed by atoms with E-state index in [4.69, 9.17) is 10.6 Å². The molecule has 2 atom stereocenters. The van der Waals surface area contributed by atoms with Crippen molar-refractivity contribution in [2.75, 3.05) is 17.2 Å². The van der Waals surface area contributed by atoms with E-state index in [9.17, 15) is 19.5 Å². The summed E-state index contributed by atoms with van der Waals surface area (Å²) in [7, 11) is 1.91. The number of fused-ring (bicyclic) bond motifs is 1. The van der Waals surface area contributed by atoms with Gasteiger partial charge in [-0.3, -0.25) is 14.5 Å². The van der Waals surface area contributed by atoms with E-state index in [-0.39, 0.29) is 28.8 Å². The number of aliphatic carboxylic acids is 1. The second-order valence-electron chi connectivity index (χ2n) is 8.47. The zero-order valence-corrected chi connectivity index (χ0v) is 22.9. The molecule has 0 aliphatic carbocycles. The number of aryl methyl sites for hydroxylation is 1. The predicted octanol–water partition coefficient (Wildman–Crippen LogP) is 0.725. The summed E-state index contributed by atoms with van der Waals surface area (Å²) in [6.07, 6.45) is 6.86. The molecule has 2 amide bonds. The average molecular weight is 588 g/mol. The van der Waals surface area contributed by atoms with Crippen LogP contribution in [-0.2, 0) is 32.9 Å². The number of thiazole rings is 1. The average Bonchev–Trinajstić information content (AvgIpc) is 3.60. The van der Waals surface area contributed by atoms with E-state index in [1.54, 1.807) is 11.6 Å². The highest BCUT2D eigenvalue weighted by Gasteiger charge is 2.54. The van der Waals surface area contributed by atoms with Gasteiger partial charge in [-0.25, -0.2) is 19.3 Å². The molecule has 2 aliphatic heterocycles. The fraction of sp³-hybridized carbons (Fsp3) is 0.261. The number of aromatic amines is 1. The normalized spacial score (nSPS) is 18.9. The van der Waals surface area contributed by atoms with Gasteiger partial charge in [-0.2, -0.15) is 0 Å². The van der Waals surface area contributed by atoms with E-state index in [0.29, 0.717) is 22.8 Å². The van der Waals surface area contributed by atoms with Crippen molar-refractivity contribution in [3.63, 3.8) is 0 Å². The summed E-state index contributed by atoms with van der Waals surface area (Å²) in [5.41, 5.74) is 7.03. The molecule has 2 aliphatic rings. The highest BCUT2D eigenvalue weighted by Crippen LogP contribution is 2.41. The predicted molar refractivity (Wildman–Crippen MR) is 144 cm³/mol. The van der Waals surface area contributed by atoms with Crippen LogP contribution in [0, 0.1) is 0 Å². The lowest BCUT2D eigenvalue weighted by atomic mass is 10.0. The molecule has 16 heteroatoms. The third-order valence-corrected chi connectivity index (χ3v) is 8.92. The summed E-state index contributed by atoms with van der Waals surface area (Å²) >= 11 is 4.02. The van der Waals surface area contributed by atoms with Gasteiger partial charge in [0.25, 0.3) is 11.8 Å². The van der Waals surface area contributed by atoms with Crippen LogP contribution in [0.5, 0.6) is 0 Å². The number of carbonyl (C=O) groups is 3. The van der Waals surface area contributed by atoms with Crippen LogP contribution in [0.4, 0.5) is 5.13 Å². The number of carboxylic acids is 1. The van der Waals surface area contributed by atoms with Gasteiger partial charge in [0.2, 0.25) is 0 Å². The number of thioether (sulfide) groups is 2. The van der Waals surface area contributed by atoms with Crippen LogP contribution in [0.3, 0.4) is 0 Å². The molecule has 13 nitrogen and oxygen atoms in total. The van der Waals surface area contributed by atoms with Crippen LogP contribution >= 0.6 is 34.9 Å². The van der Waals surface area contributed by atoms with E-state index in [2.05, 4.69) is 25.4 Å². The molecule has 0 spiro atoms. The summed E-state index contributed by atoms with van der Waals surface area (Å²) in [5, 5.41) is 17.8. The van der Waals surface area contributed by atoms with Crippen LogP contribution < -0.4 is 15.6 Å². The van der Waals surface area contributed by atoms with Crippen LogP contribution in [0.15, 0.2) is 63.8 Å². The number of aromatic nitrogens is 4. The number of oxime groups is 1. The Balaban J connectivity index is 1.29. The Morgan fingerprint density at radius 3 is 2.87 bits per heavy atom. The van der Waals surface area contributed by atoms with Gasteiger partial charge in [0.1, 0.15) is 29.9 Å². The van der Waals surface area contributed by atoms with Crippen molar-refractivity contribution in [1.82, 2.24) is 25.2 Å². The molecule has 1 fully saturated rings. The number of H-pyrrole nitrogens is 1. The van der Waals surface area contributed by atoms with Gasteiger partial charge in [-0.1, -0.05) is 5.16 Å². The largest absolute Gasteiger partial charge is 0.477 e. The number of amides is 2. The lowest BCUT2D eigenvalue weighted by molar-refractivity contribution is -0.671. The summed E-state index contributed by atoms with van der Waals surface area (Å²) in [6, 6.07) is 2.95. The zero-order valence-electron chi connectivity index (χ0n) is 20.4. The Morgan fingerprint density at radius 2 is 2.21 bits per heavy atom. The van der Waals surface area contributed by atoms with Crippen molar-refractivity contribution >= 4 is 63.5 Å². The van der Waals surface area contributed by atoms with Crippen molar-refractivity contribution < 1.29 is 28.9 Å². The number of hydrogen-bond donors (Lipinski definition) is 4.